The van der Waals surface area contributed by atoms with Crippen LogP contribution in [0.2, 0.25) is 0 Å². The molecule has 9 heteroatoms. The molecular weight excluding hydrogens is 253 g/mol. The van der Waals surface area contributed by atoms with Gasteiger partial charge in [-0.15, -0.1) is 13.2 Å². The highest BCUT2D eigenvalue weighted by Gasteiger charge is 2.35. The molecule has 1 heterocycles. The van der Waals surface area contributed by atoms with Crippen molar-refractivity contribution < 1.29 is 31.4 Å². The predicted octanol–water partition coefficient (Wildman–Crippen LogP) is 2.22. The summed E-state index contributed by atoms with van der Waals surface area (Å²) < 4.78 is 68.4. The first-order valence-corrected chi connectivity index (χ1v) is 4.09. The SMILES string of the molecule is COc1c(C(F)F)c[nH]c(=O)c1OC(F)(F)F. The van der Waals surface area contributed by atoms with Gasteiger partial charge >= 0.3 is 6.36 Å². The van der Waals surface area contributed by atoms with E-state index in [-0.39, 0.29) is 0 Å². The minimum atomic E-state index is -5.18. The van der Waals surface area contributed by atoms with Gasteiger partial charge in [0.25, 0.3) is 12.0 Å². The molecule has 0 fully saturated rings. The van der Waals surface area contributed by atoms with Gasteiger partial charge in [0.05, 0.1) is 12.7 Å². The summed E-state index contributed by atoms with van der Waals surface area (Å²) in [6, 6.07) is 0. The predicted molar refractivity (Wildman–Crippen MR) is 45.3 cm³/mol. The highest BCUT2D eigenvalue weighted by Crippen LogP contribution is 2.35. The lowest BCUT2D eigenvalue weighted by molar-refractivity contribution is -0.275. The third-order valence-corrected chi connectivity index (χ3v) is 1.69. The first kappa shape index (κ1) is 13.3. The van der Waals surface area contributed by atoms with Crippen LogP contribution in [-0.2, 0) is 0 Å². The molecule has 0 spiro atoms. The molecule has 0 aromatic carbocycles. The third kappa shape index (κ3) is 3.08. The summed E-state index contributed by atoms with van der Waals surface area (Å²) in [4.78, 5) is 12.8. The Bertz CT molecular complexity index is 453. The minimum Gasteiger partial charge on any atom is -0.492 e. The number of hydrogen-bond donors (Lipinski definition) is 1. The molecule has 0 bridgehead atoms. The maximum atomic E-state index is 12.4. The van der Waals surface area contributed by atoms with Crippen LogP contribution in [0.15, 0.2) is 11.0 Å². The Kier molecular flexibility index (Phi) is 3.59. The van der Waals surface area contributed by atoms with E-state index in [2.05, 4.69) is 9.47 Å². The molecule has 0 amide bonds. The zero-order valence-electron chi connectivity index (χ0n) is 8.27. The number of alkyl halides is 5. The van der Waals surface area contributed by atoms with Crippen molar-refractivity contribution in [3.63, 3.8) is 0 Å². The Morgan fingerprint density at radius 2 is 1.88 bits per heavy atom. The molecule has 4 nitrogen and oxygen atoms in total. The van der Waals surface area contributed by atoms with Crippen molar-refractivity contribution in [3.8, 4) is 11.5 Å². The molecule has 0 aliphatic heterocycles. The fraction of sp³-hybridized carbons (Fsp3) is 0.375. The van der Waals surface area contributed by atoms with Crippen LogP contribution in [0.25, 0.3) is 0 Å². The molecule has 96 valence electrons. The summed E-state index contributed by atoms with van der Waals surface area (Å²) in [5.74, 6) is -2.29. The molecule has 1 aromatic heterocycles. The van der Waals surface area contributed by atoms with Gasteiger partial charge in [-0.25, -0.2) is 8.78 Å². The summed E-state index contributed by atoms with van der Waals surface area (Å²) in [6.07, 6.45) is -7.73. The third-order valence-electron chi connectivity index (χ3n) is 1.69. The fourth-order valence-electron chi connectivity index (χ4n) is 1.09. The van der Waals surface area contributed by atoms with Crippen LogP contribution < -0.4 is 15.0 Å². The van der Waals surface area contributed by atoms with Crippen molar-refractivity contribution in [1.29, 1.82) is 0 Å². The molecule has 0 unspecified atom stereocenters. The zero-order valence-corrected chi connectivity index (χ0v) is 8.27. The Morgan fingerprint density at radius 3 is 2.29 bits per heavy atom. The second-order valence-electron chi connectivity index (χ2n) is 2.78. The number of ether oxygens (including phenoxy) is 2. The molecule has 0 radical (unpaired) electrons. The quantitative estimate of drug-likeness (QED) is 0.847. The number of aromatic amines is 1. The van der Waals surface area contributed by atoms with Crippen molar-refractivity contribution in [2.75, 3.05) is 7.11 Å². The lowest BCUT2D eigenvalue weighted by Gasteiger charge is -2.13. The summed E-state index contributed by atoms with van der Waals surface area (Å²) in [6.45, 7) is 0. The number of nitrogens with one attached hydrogen (secondary N) is 1. The molecule has 0 aliphatic rings. The summed E-state index contributed by atoms with van der Waals surface area (Å²) in [5, 5.41) is 0. The lowest BCUT2D eigenvalue weighted by Crippen LogP contribution is -2.23. The molecule has 0 saturated carbocycles. The van der Waals surface area contributed by atoms with E-state index in [0.29, 0.717) is 6.20 Å². The van der Waals surface area contributed by atoms with E-state index >= 15 is 0 Å². The molecule has 0 aliphatic carbocycles. The van der Waals surface area contributed by atoms with Crippen molar-refractivity contribution >= 4 is 0 Å². The Balaban J connectivity index is 3.36. The average molecular weight is 259 g/mol. The van der Waals surface area contributed by atoms with Gasteiger partial charge in [0.1, 0.15) is 0 Å². The smallest absolute Gasteiger partial charge is 0.492 e. The van der Waals surface area contributed by atoms with Gasteiger partial charge in [-0.1, -0.05) is 0 Å². The molecule has 17 heavy (non-hydrogen) atoms. The van der Waals surface area contributed by atoms with Gasteiger partial charge in [-0.2, -0.15) is 0 Å². The normalized spacial score (nSPS) is 11.7. The van der Waals surface area contributed by atoms with Crippen LogP contribution in [0.1, 0.15) is 12.0 Å². The number of aromatic nitrogens is 1. The van der Waals surface area contributed by atoms with Crippen LogP contribution in [0.3, 0.4) is 0 Å². The van der Waals surface area contributed by atoms with E-state index in [1.54, 1.807) is 4.98 Å². The summed E-state index contributed by atoms with van der Waals surface area (Å²) >= 11 is 0. The molecule has 0 atom stereocenters. The van der Waals surface area contributed by atoms with Gasteiger partial charge in [0, 0.05) is 6.20 Å². The van der Waals surface area contributed by atoms with Crippen molar-refractivity contribution in [2.24, 2.45) is 0 Å². The standard InChI is InChI=1S/C8H6F5NO3/c1-16-4-3(6(9)10)2-14-7(15)5(4)17-8(11,12)13/h2,6H,1H3,(H,14,15). The summed E-state index contributed by atoms with van der Waals surface area (Å²) in [5.41, 5.74) is -2.21. The highest BCUT2D eigenvalue weighted by atomic mass is 19.4. The number of pyridine rings is 1. The lowest BCUT2D eigenvalue weighted by atomic mass is 10.2. The Labute approximate surface area is 91.0 Å². The number of hydrogen-bond acceptors (Lipinski definition) is 3. The first-order chi connectivity index (χ1) is 7.76. The van der Waals surface area contributed by atoms with E-state index in [9.17, 15) is 26.7 Å². The number of methoxy groups -OCH3 is 1. The van der Waals surface area contributed by atoms with Crippen molar-refractivity contribution in [2.45, 2.75) is 12.8 Å². The van der Waals surface area contributed by atoms with Gasteiger partial charge in [0.2, 0.25) is 5.75 Å². The molecular formula is C8H6F5NO3. The van der Waals surface area contributed by atoms with Crippen LogP contribution in [-0.4, -0.2) is 18.5 Å². The van der Waals surface area contributed by atoms with E-state index in [0.717, 1.165) is 7.11 Å². The van der Waals surface area contributed by atoms with Gasteiger partial charge < -0.3 is 14.5 Å². The topological polar surface area (TPSA) is 51.3 Å². The van der Waals surface area contributed by atoms with Crippen LogP contribution >= 0.6 is 0 Å². The van der Waals surface area contributed by atoms with Crippen molar-refractivity contribution in [3.05, 3.63) is 22.1 Å². The van der Waals surface area contributed by atoms with E-state index in [1.165, 1.54) is 0 Å². The van der Waals surface area contributed by atoms with Crippen LogP contribution in [0.4, 0.5) is 22.0 Å². The highest BCUT2D eigenvalue weighted by molar-refractivity contribution is 5.44. The van der Waals surface area contributed by atoms with Crippen LogP contribution in [0.5, 0.6) is 11.5 Å². The molecule has 1 aromatic rings. The largest absolute Gasteiger partial charge is 0.573 e. The van der Waals surface area contributed by atoms with E-state index in [4.69, 9.17) is 0 Å². The Hall–Kier alpha value is -1.80. The van der Waals surface area contributed by atoms with Crippen LogP contribution in [0, 0.1) is 0 Å². The second-order valence-corrected chi connectivity index (χ2v) is 2.78. The molecule has 1 N–H and O–H groups in total. The fourth-order valence-corrected chi connectivity index (χ4v) is 1.09. The van der Waals surface area contributed by atoms with Gasteiger partial charge in [-0.05, 0) is 0 Å². The van der Waals surface area contributed by atoms with Crippen molar-refractivity contribution in [1.82, 2.24) is 4.98 Å². The number of H-pyrrole nitrogens is 1. The molecule has 0 saturated heterocycles. The minimum absolute atomic E-state index is 0.565. The monoisotopic (exact) mass is 259 g/mol. The Morgan fingerprint density at radius 1 is 1.29 bits per heavy atom. The maximum absolute atomic E-state index is 12.4. The second kappa shape index (κ2) is 4.60. The van der Waals surface area contributed by atoms with Gasteiger partial charge in [-0.3, -0.25) is 4.79 Å². The van der Waals surface area contributed by atoms with Gasteiger partial charge in [0.15, 0.2) is 5.75 Å². The zero-order chi connectivity index (χ0) is 13.2. The first-order valence-electron chi connectivity index (χ1n) is 4.09. The number of halogens is 5. The summed E-state index contributed by atoms with van der Waals surface area (Å²) in [7, 11) is 0.851. The average Bonchev–Trinajstić information content (AvgIpc) is 2.18. The number of rotatable bonds is 3. The van der Waals surface area contributed by atoms with E-state index in [1.807, 2.05) is 0 Å². The maximum Gasteiger partial charge on any atom is 0.573 e. The molecule has 1 rings (SSSR count). The van der Waals surface area contributed by atoms with E-state index < -0.39 is 35.4 Å².